The maximum Gasteiger partial charge on any atom is 0.243 e. The van der Waals surface area contributed by atoms with Crippen LogP contribution >= 0.6 is 0 Å². The molecule has 0 aliphatic heterocycles. The van der Waals surface area contributed by atoms with Crippen LogP contribution in [0.2, 0.25) is 0 Å². The molecule has 1 atom stereocenters. The highest BCUT2D eigenvalue weighted by Crippen LogP contribution is 2.23. The summed E-state index contributed by atoms with van der Waals surface area (Å²) in [6.07, 6.45) is 3.19. The van der Waals surface area contributed by atoms with Gasteiger partial charge in [-0.2, -0.15) is 0 Å². The molecule has 0 spiro atoms. The van der Waals surface area contributed by atoms with Crippen LogP contribution in [0.4, 0.5) is 5.69 Å². The van der Waals surface area contributed by atoms with Gasteiger partial charge in [0.05, 0.1) is 25.6 Å². The number of carbonyl (C=O) groups is 1. The van der Waals surface area contributed by atoms with E-state index in [2.05, 4.69) is 12.2 Å². The molecule has 30 heavy (non-hydrogen) atoms. The van der Waals surface area contributed by atoms with E-state index in [4.69, 9.17) is 9.47 Å². The molecule has 0 saturated carbocycles. The van der Waals surface area contributed by atoms with E-state index in [0.717, 1.165) is 29.2 Å². The second-order valence-electron chi connectivity index (χ2n) is 6.97. The minimum Gasteiger partial charge on any atom is -0.497 e. The van der Waals surface area contributed by atoms with Crippen LogP contribution in [-0.2, 0) is 21.2 Å². The summed E-state index contributed by atoms with van der Waals surface area (Å²) in [7, 11) is -2.14. The van der Waals surface area contributed by atoms with E-state index in [0.29, 0.717) is 11.4 Å². The number of hydrogen-bond donors (Lipinski definition) is 1. The number of rotatable bonds is 11. The predicted octanol–water partition coefficient (Wildman–Crippen LogP) is 3.00. The lowest BCUT2D eigenvalue weighted by atomic mass is 10.1. The Labute approximate surface area is 179 Å². The van der Waals surface area contributed by atoms with Crippen LogP contribution < -0.4 is 19.1 Å². The van der Waals surface area contributed by atoms with Gasteiger partial charge in [0.15, 0.2) is 0 Å². The van der Waals surface area contributed by atoms with E-state index in [9.17, 15) is 13.2 Å². The number of hydrogen-bond acceptors (Lipinski definition) is 5. The lowest BCUT2D eigenvalue weighted by molar-refractivity contribution is -0.121. The van der Waals surface area contributed by atoms with Crippen LogP contribution in [0.25, 0.3) is 0 Å². The molecule has 1 amide bonds. The van der Waals surface area contributed by atoms with E-state index in [1.54, 1.807) is 31.2 Å². The van der Waals surface area contributed by atoms with Crippen LogP contribution in [0, 0.1) is 0 Å². The highest BCUT2D eigenvalue weighted by atomic mass is 32.2. The number of methoxy groups -OCH3 is 1. The summed E-state index contributed by atoms with van der Waals surface area (Å²) in [6.45, 7) is 4.23. The number of benzene rings is 2. The van der Waals surface area contributed by atoms with Gasteiger partial charge in [0, 0.05) is 0 Å². The zero-order valence-electron chi connectivity index (χ0n) is 17.9. The fourth-order valence-electron chi connectivity index (χ4n) is 3.07. The number of sulfonamides is 1. The topological polar surface area (TPSA) is 84.9 Å². The molecule has 164 valence electrons. The van der Waals surface area contributed by atoms with Gasteiger partial charge in [-0.05, 0) is 55.3 Å². The lowest BCUT2D eigenvalue weighted by Gasteiger charge is -2.28. The van der Waals surface area contributed by atoms with Crippen molar-refractivity contribution in [2.75, 3.05) is 30.8 Å². The molecule has 0 aromatic heterocycles. The summed E-state index contributed by atoms with van der Waals surface area (Å²) in [5.74, 6) is 0.926. The Morgan fingerprint density at radius 2 is 1.67 bits per heavy atom. The van der Waals surface area contributed by atoms with Crippen LogP contribution in [0.15, 0.2) is 48.5 Å². The third kappa shape index (κ3) is 6.66. The molecule has 2 rings (SSSR count). The number of nitrogens with one attached hydrogen (secondary N) is 1. The van der Waals surface area contributed by atoms with Crippen molar-refractivity contribution in [3.63, 3.8) is 0 Å². The van der Waals surface area contributed by atoms with E-state index >= 15 is 0 Å². The molecule has 2 aromatic carbocycles. The summed E-state index contributed by atoms with van der Waals surface area (Å²) in [5.41, 5.74) is 1.65. The van der Waals surface area contributed by atoms with Crippen molar-refractivity contribution in [3.8, 4) is 11.5 Å². The number of ether oxygens (including phenoxy) is 2. The monoisotopic (exact) mass is 434 g/mol. The summed E-state index contributed by atoms with van der Waals surface area (Å²) in [4.78, 5) is 12.6. The van der Waals surface area contributed by atoms with Crippen LogP contribution in [0.5, 0.6) is 11.5 Å². The third-order valence-corrected chi connectivity index (χ3v) is 5.79. The molecule has 8 heteroatoms. The molecule has 0 saturated heterocycles. The minimum atomic E-state index is -3.66. The number of carbonyl (C=O) groups excluding carboxylic acids is 1. The maximum absolute atomic E-state index is 12.6. The summed E-state index contributed by atoms with van der Waals surface area (Å²) in [6, 6.07) is 13.5. The standard InChI is InChI=1S/C22H30N2O5S/c1-5-6-18-7-11-21(12-8-18)29-16-15-23-22(25)17(2)24(30(4,26)27)19-9-13-20(28-3)14-10-19/h7-14,17H,5-6,15-16H2,1-4H3,(H,23,25). The molecule has 0 aliphatic rings. The van der Waals surface area contributed by atoms with Gasteiger partial charge in [-0.15, -0.1) is 0 Å². The quantitative estimate of drug-likeness (QED) is 0.550. The van der Waals surface area contributed by atoms with E-state index < -0.39 is 22.0 Å². The Morgan fingerprint density at radius 1 is 1.07 bits per heavy atom. The smallest absolute Gasteiger partial charge is 0.243 e. The Kier molecular flexibility index (Phi) is 8.53. The fourth-order valence-corrected chi connectivity index (χ4v) is 4.24. The molecule has 7 nitrogen and oxygen atoms in total. The van der Waals surface area contributed by atoms with Crippen LogP contribution in [-0.4, -0.2) is 46.9 Å². The van der Waals surface area contributed by atoms with Gasteiger partial charge in [-0.25, -0.2) is 8.42 Å². The number of nitrogens with zero attached hydrogens (tertiary/aromatic N) is 1. The van der Waals surface area contributed by atoms with Gasteiger partial charge in [-0.1, -0.05) is 25.5 Å². The average molecular weight is 435 g/mol. The van der Waals surface area contributed by atoms with Crippen LogP contribution in [0.1, 0.15) is 25.8 Å². The summed E-state index contributed by atoms with van der Waals surface area (Å²) in [5, 5.41) is 2.73. The van der Waals surface area contributed by atoms with E-state index in [1.807, 2.05) is 24.3 Å². The normalized spacial score (nSPS) is 12.1. The van der Waals surface area contributed by atoms with Gasteiger partial charge in [0.1, 0.15) is 24.1 Å². The second kappa shape index (κ2) is 10.9. The van der Waals surface area contributed by atoms with Crippen molar-refractivity contribution >= 4 is 21.6 Å². The molecule has 1 N–H and O–H groups in total. The van der Waals surface area contributed by atoms with Crippen molar-refractivity contribution in [2.24, 2.45) is 0 Å². The SMILES string of the molecule is CCCc1ccc(OCCNC(=O)C(C)N(c2ccc(OC)cc2)S(C)(=O)=O)cc1. The first-order valence-corrected chi connectivity index (χ1v) is 11.7. The molecule has 1 unspecified atom stereocenters. The zero-order valence-corrected chi connectivity index (χ0v) is 18.7. The van der Waals surface area contributed by atoms with Gasteiger partial charge in [0.2, 0.25) is 15.9 Å². The summed E-state index contributed by atoms with van der Waals surface area (Å²) >= 11 is 0. The second-order valence-corrected chi connectivity index (χ2v) is 8.83. The fraction of sp³-hybridized carbons (Fsp3) is 0.409. The first-order valence-electron chi connectivity index (χ1n) is 9.89. The van der Waals surface area contributed by atoms with Crippen molar-refractivity contribution in [3.05, 3.63) is 54.1 Å². The molecule has 0 radical (unpaired) electrons. The Morgan fingerprint density at radius 3 is 2.20 bits per heavy atom. The maximum atomic E-state index is 12.6. The van der Waals surface area contributed by atoms with E-state index in [1.165, 1.54) is 12.7 Å². The number of anilines is 1. The molecular formula is C22H30N2O5S. The predicted molar refractivity (Wildman–Crippen MR) is 119 cm³/mol. The number of aryl methyl sites for hydroxylation is 1. The van der Waals surface area contributed by atoms with Gasteiger partial charge >= 0.3 is 0 Å². The van der Waals surface area contributed by atoms with Crippen molar-refractivity contribution in [1.29, 1.82) is 0 Å². The van der Waals surface area contributed by atoms with E-state index in [-0.39, 0.29) is 13.2 Å². The number of amides is 1. The summed E-state index contributed by atoms with van der Waals surface area (Å²) < 4.78 is 36.5. The van der Waals surface area contributed by atoms with Gasteiger partial charge < -0.3 is 14.8 Å². The van der Waals surface area contributed by atoms with Crippen LogP contribution in [0.3, 0.4) is 0 Å². The molecule has 0 fully saturated rings. The van der Waals surface area contributed by atoms with Crippen molar-refractivity contribution in [2.45, 2.75) is 32.7 Å². The highest BCUT2D eigenvalue weighted by molar-refractivity contribution is 7.92. The van der Waals surface area contributed by atoms with Gasteiger partial charge in [-0.3, -0.25) is 9.10 Å². The minimum absolute atomic E-state index is 0.264. The molecule has 0 bridgehead atoms. The highest BCUT2D eigenvalue weighted by Gasteiger charge is 2.28. The Hall–Kier alpha value is -2.74. The average Bonchev–Trinajstić information content (AvgIpc) is 2.72. The molecule has 0 aliphatic carbocycles. The Balaban J connectivity index is 1.93. The molecule has 2 aromatic rings. The largest absolute Gasteiger partial charge is 0.497 e. The van der Waals surface area contributed by atoms with Crippen molar-refractivity contribution < 1.29 is 22.7 Å². The Bertz CT molecular complexity index is 912. The van der Waals surface area contributed by atoms with Gasteiger partial charge in [0.25, 0.3) is 0 Å². The molecule has 0 heterocycles. The third-order valence-electron chi connectivity index (χ3n) is 4.55. The first-order chi connectivity index (χ1) is 14.3. The zero-order chi connectivity index (χ0) is 22.1. The van der Waals surface area contributed by atoms with Crippen molar-refractivity contribution in [1.82, 2.24) is 5.32 Å². The first kappa shape index (κ1) is 23.5. The lowest BCUT2D eigenvalue weighted by Crippen LogP contribution is -2.48. The molecular weight excluding hydrogens is 404 g/mol.